The van der Waals surface area contributed by atoms with Crippen LogP contribution >= 0.6 is 12.4 Å². The van der Waals surface area contributed by atoms with E-state index < -0.39 is 6.61 Å². The number of piperidine rings is 1. The van der Waals surface area contributed by atoms with Crippen LogP contribution in [0, 0.1) is 5.92 Å². The summed E-state index contributed by atoms with van der Waals surface area (Å²) in [6.45, 7) is -0.376. The van der Waals surface area contributed by atoms with Gasteiger partial charge in [0.2, 0.25) is 0 Å². The zero-order valence-corrected chi connectivity index (χ0v) is 17.1. The number of para-hydroxylation sites is 1. The molecule has 0 atom stereocenters. The number of nitrogens with zero attached hydrogens (tertiary/aromatic N) is 1. The van der Waals surface area contributed by atoms with E-state index in [1.165, 1.54) is 12.1 Å². The maximum absolute atomic E-state index is 13.0. The number of hydrogen-bond acceptors (Lipinski definition) is 4. The number of rotatable bonds is 7. The highest BCUT2D eigenvalue weighted by atomic mass is 35.5. The highest BCUT2D eigenvalue weighted by molar-refractivity contribution is 6.00. The Labute approximate surface area is 175 Å². The number of likely N-dealkylation sites (tertiary alicyclic amines) is 1. The molecule has 1 aliphatic rings. The summed E-state index contributed by atoms with van der Waals surface area (Å²) in [5.74, 6) is 0.703. The highest BCUT2D eigenvalue weighted by Gasteiger charge is 2.24. The van der Waals surface area contributed by atoms with Gasteiger partial charge in [0.1, 0.15) is 5.75 Å². The van der Waals surface area contributed by atoms with Gasteiger partial charge in [0.05, 0.1) is 11.3 Å². The molecule has 29 heavy (non-hydrogen) atoms. The van der Waals surface area contributed by atoms with E-state index in [2.05, 4.69) is 15.4 Å². The molecule has 3 rings (SSSR count). The number of ether oxygens (including phenoxy) is 1. The fourth-order valence-electron chi connectivity index (χ4n) is 3.45. The summed E-state index contributed by atoms with van der Waals surface area (Å²) in [4.78, 5) is 14.9. The van der Waals surface area contributed by atoms with Crippen LogP contribution in [0.3, 0.4) is 0 Å². The second kappa shape index (κ2) is 11.0. The Balaban J connectivity index is 0.00000300. The zero-order valence-electron chi connectivity index (χ0n) is 16.2. The Bertz CT molecular complexity index is 782. The van der Waals surface area contributed by atoms with Crippen LogP contribution in [0.25, 0.3) is 0 Å². The lowest BCUT2D eigenvalue weighted by atomic mass is 9.96. The maximum atomic E-state index is 13.0. The molecule has 1 fully saturated rings. The third-order valence-electron chi connectivity index (χ3n) is 4.91. The second-order valence-corrected chi connectivity index (χ2v) is 6.87. The van der Waals surface area contributed by atoms with Crippen molar-refractivity contribution in [3.05, 3.63) is 54.1 Å². The lowest BCUT2D eigenvalue weighted by molar-refractivity contribution is -0.0498. The molecule has 0 aromatic heterocycles. The largest absolute Gasteiger partial charge is 0.435 e. The van der Waals surface area contributed by atoms with Gasteiger partial charge in [0, 0.05) is 18.8 Å². The lowest BCUT2D eigenvalue weighted by Gasteiger charge is -2.32. The van der Waals surface area contributed by atoms with E-state index in [-0.39, 0.29) is 24.1 Å². The fraction of sp³-hybridized carbons (Fsp3) is 0.381. The summed E-state index contributed by atoms with van der Waals surface area (Å²) in [6, 6.07) is 13.5. The lowest BCUT2D eigenvalue weighted by Crippen LogP contribution is -2.40. The molecule has 0 unspecified atom stereocenters. The number of halogens is 3. The van der Waals surface area contributed by atoms with E-state index in [0.717, 1.165) is 32.5 Å². The number of benzene rings is 2. The van der Waals surface area contributed by atoms with Crippen LogP contribution in [-0.2, 0) is 0 Å². The summed E-state index contributed by atoms with van der Waals surface area (Å²) < 4.78 is 28.9. The molecular weight excluding hydrogens is 400 g/mol. The third kappa shape index (κ3) is 6.30. The van der Waals surface area contributed by atoms with Crippen molar-refractivity contribution in [1.82, 2.24) is 10.2 Å². The van der Waals surface area contributed by atoms with Gasteiger partial charge >= 0.3 is 6.61 Å². The predicted octanol–water partition coefficient (Wildman–Crippen LogP) is 4.53. The van der Waals surface area contributed by atoms with E-state index >= 15 is 0 Å². The maximum Gasteiger partial charge on any atom is 0.387 e. The van der Waals surface area contributed by atoms with Gasteiger partial charge in [-0.3, -0.25) is 4.79 Å². The number of alkyl halides is 2. The van der Waals surface area contributed by atoms with Crippen molar-refractivity contribution in [2.24, 2.45) is 5.92 Å². The van der Waals surface area contributed by atoms with Gasteiger partial charge in [-0.25, -0.2) is 0 Å². The molecule has 1 aliphatic heterocycles. The molecule has 2 aromatic rings. The molecular formula is C21H26ClF2N3O2. The predicted molar refractivity (Wildman–Crippen MR) is 113 cm³/mol. The summed E-state index contributed by atoms with van der Waals surface area (Å²) in [7, 11) is 1.95. The van der Waals surface area contributed by atoms with Gasteiger partial charge in [-0.1, -0.05) is 12.1 Å². The van der Waals surface area contributed by atoms with E-state index in [4.69, 9.17) is 0 Å². The number of amides is 1. The molecule has 0 radical (unpaired) electrons. The summed E-state index contributed by atoms with van der Waals surface area (Å²) >= 11 is 0. The van der Waals surface area contributed by atoms with Crippen molar-refractivity contribution in [1.29, 1.82) is 0 Å². The topological polar surface area (TPSA) is 53.6 Å². The van der Waals surface area contributed by atoms with Crippen LogP contribution in [0.4, 0.5) is 20.2 Å². The van der Waals surface area contributed by atoms with Crippen molar-refractivity contribution in [3.63, 3.8) is 0 Å². The molecule has 1 heterocycles. The summed E-state index contributed by atoms with van der Waals surface area (Å²) in [5, 5.41) is 6.40. The van der Waals surface area contributed by atoms with Crippen LogP contribution in [0.2, 0.25) is 0 Å². The Kier molecular flexibility index (Phi) is 8.67. The average Bonchev–Trinajstić information content (AvgIpc) is 2.70. The smallest absolute Gasteiger partial charge is 0.387 e. The molecule has 0 aliphatic carbocycles. The van der Waals surface area contributed by atoms with Crippen molar-refractivity contribution >= 4 is 29.7 Å². The molecule has 8 heteroatoms. The fourth-order valence-corrected chi connectivity index (χ4v) is 3.45. The normalized spacial score (nSPS) is 14.4. The standard InChI is InChI=1S/C21H25F2N3O2.ClH/c1-24-14-15-10-12-26(13-11-15)20(27)18-4-2-3-5-19(18)25-16-6-8-17(9-7-16)28-21(22)23;/h2-9,15,21,24-25H,10-14H2,1H3;1H. The number of carbonyl (C=O) groups excluding carboxylic acids is 1. The van der Waals surface area contributed by atoms with Crippen LogP contribution < -0.4 is 15.4 Å². The number of carbonyl (C=O) groups is 1. The van der Waals surface area contributed by atoms with Gasteiger partial charge in [0.25, 0.3) is 5.91 Å². The first-order valence-corrected chi connectivity index (χ1v) is 9.41. The summed E-state index contributed by atoms with van der Waals surface area (Å²) in [6.07, 6.45) is 1.99. The molecule has 2 aromatic carbocycles. The molecule has 158 valence electrons. The van der Waals surface area contributed by atoms with Gasteiger partial charge in [-0.05, 0) is 68.8 Å². The SMILES string of the molecule is CNCC1CCN(C(=O)c2ccccc2Nc2ccc(OC(F)F)cc2)CC1.Cl. The van der Waals surface area contributed by atoms with Crippen LogP contribution in [0.1, 0.15) is 23.2 Å². The Morgan fingerprint density at radius 2 is 1.79 bits per heavy atom. The Hall–Kier alpha value is -2.38. The van der Waals surface area contributed by atoms with Crippen LogP contribution in [-0.4, -0.2) is 44.1 Å². The first-order valence-electron chi connectivity index (χ1n) is 9.41. The molecule has 0 bridgehead atoms. The van der Waals surface area contributed by atoms with Crippen molar-refractivity contribution in [2.75, 3.05) is 32.0 Å². The van der Waals surface area contributed by atoms with E-state index in [1.807, 2.05) is 30.1 Å². The number of hydrogen-bond donors (Lipinski definition) is 2. The first-order chi connectivity index (χ1) is 13.6. The molecule has 0 spiro atoms. The van der Waals surface area contributed by atoms with Gasteiger partial charge < -0.3 is 20.3 Å². The van der Waals surface area contributed by atoms with Crippen LogP contribution in [0.15, 0.2) is 48.5 Å². The molecule has 2 N–H and O–H groups in total. The highest BCUT2D eigenvalue weighted by Crippen LogP contribution is 2.26. The first kappa shape index (κ1) is 22.9. The minimum absolute atomic E-state index is 0. The van der Waals surface area contributed by atoms with E-state index in [1.54, 1.807) is 18.2 Å². The quantitative estimate of drug-likeness (QED) is 0.684. The van der Waals surface area contributed by atoms with Crippen molar-refractivity contribution in [3.8, 4) is 5.75 Å². The Morgan fingerprint density at radius 1 is 1.14 bits per heavy atom. The van der Waals surface area contributed by atoms with Crippen molar-refractivity contribution in [2.45, 2.75) is 19.5 Å². The zero-order chi connectivity index (χ0) is 19.9. The van der Waals surface area contributed by atoms with Gasteiger partial charge in [-0.2, -0.15) is 8.78 Å². The van der Waals surface area contributed by atoms with Crippen molar-refractivity contribution < 1.29 is 18.3 Å². The molecule has 1 amide bonds. The monoisotopic (exact) mass is 425 g/mol. The van der Waals surface area contributed by atoms with E-state index in [0.29, 0.717) is 22.9 Å². The van der Waals surface area contributed by atoms with E-state index in [9.17, 15) is 13.6 Å². The number of nitrogens with one attached hydrogen (secondary N) is 2. The minimum atomic E-state index is -2.85. The van der Waals surface area contributed by atoms with Gasteiger partial charge in [0.15, 0.2) is 0 Å². The molecule has 5 nitrogen and oxygen atoms in total. The second-order valence-electron chi connectivity index (χ2n) is 6.87. The third-order valence-corrected chi connectivity index (χ3v) is 4.91. The average molecular weight is 426 g/mol. The van der Waals surface area contributed by atoms with Crippen LogP contribution in [0.5, 0.6) is 5.75 Å². The molecule has 1 saturated heterocycles. The van der Waals surface area contributed by atoms with Gasteiger partial charge in [-0.15, -0.1) is 12.4 Å². The Morgan fingerprint density at radius 3 is 2.41 bits per heavy atom. The minimum Gasteiger partial charge on any atom is -0.435 e. The molecule has 0 saturated carbocycles. The summed E-state index contributed by atoms with van der Waals surface area (Å²) in [5.41, 5.74) is 1.98. The number of anilines is 2.